The minimum Gasteiger partial charge on any atom is -0.492 e. The Morgan fingerprint density at radius 1 is 1.25 bits per heavy atom. The Balaban J connectivity index is 1.80. The molecule has 6 nitrogen and oxygen atoms in total. The van der Waals surface area contributed by atoms with Gasteiger partial charge in [0.05, 0.1) is 24.2 Å². The molecule has 0 spiro atoms. The van der Waals surface area contributed by atoms with E-state index in [0.717, 1.165) is 5.69 Å². The van der Waals surface area contributed by atoms with Gasteiger partial charge in [-0.3, -0.25) is 4.79 Å². The van der Waals surface area contributed by atoms with E-state index in [1.54, 1.807) is 6.92 Å². The molecule has 0 saturated carbocycles. The zero-order valence-corrected chi connectivity index (χ0v) is 12.9. The first-order chi connectivity index (χ1) is 11.7. The van der Waals surface area contributed by atoms with Gasteiger partial charge >= 0.3 is 0 Å². The van der Waals surface area contributed by atoms with Gasteiger partial charge in [0.2, 0.25) is 0 Å². The molecule has 1 aromatic heterocycles. The minimum atomic E-state index is -0.454. The Morgan fingerprint density at radius 2 is 2.04 bits per heavy atom. The normalized spacial score (nSPS) is 10.4. The van der Waals surface area contributed by atoms with Gasteiger partial charge in [0, 0.05) is 6.07 Å². The standard InChI is InChI=1S/C17H15FN4O2/c1-2-24-16-10-12(18)8-9-14(16)20-17(23)15-11-19-22(21-15)13-6-4-3-5-7-13/h3-11H,2H2,1H3,(H,20,23). The number of hydrogen-bond acceptors (Lipinski definition) is 4. The van der Waals surface area contributed by atoms with Crippen molar-refractivity contribution in [2.75, 3.05) is 11.9 Å². The smallest absolute Gasteiger partial charge is 0.277 e. The average molecular weight is 326 g/mol. The van der Waals surface area contributed by atoms with Crippen molar-refractivity contribution < 1.29 is 13.9 Å². The molecule has 2 aromatic carbocycles. The van der Waals surface area contributed by atoms with E-state index in [0.29, 0.717) is 12.3 Å². The molecule has 1 heterocycles. The Morgan fingerprint density at radius 3 is 2.79 bits per heavy atom. The van der Waals surface area contributed by atoms with Crippen molar-refractivity contribution in [1.82, 2.24) is 15.0 Å². The zero-order valence-electron chi connectivity index (χ0n) is 12.9. The summed E-state index contributed by atoms with van der Waals surface area (Å²) in [7, 11) is 0. The van der Waals surface area contributed by atoms with Crippen LogP contribution in [0.3, 0.4) is 0 Å². The van der Waals surface area contributed by atoms with Gasteiger partial charge in [-0.15, -0.1) is 5.10 Å². The molecule has 7 heteroatoms. The summed E-state index contributed by atoms with van der Waals surface area (Å²) in [5.41, 5.74) is 1.26. The lowest BCUT2D eigenvalue weighted by molar-refractivity contribution is 0.102. The van der Waals surface area contributed by atoms with Gasteiger partial charge in [-0.25, -0.2) is 4.39 Å². The second-order valence-electron chi connectivity index (χ2n) is 4.88. The van der Waals surface area contributed by atoms with Crippen LogP contribution in [0.5, 0.6) is 5.75 Å². The van der Waals surface area contributed by atoms with Gasteiger partial charge in [0.15, 0.2) is 5.69 Å². The Kier molecular flexibility index (Phi) is 4.51. The van der Waals surface area contributed by atoms with E-state index < -0.39 is 11.7 Å². The molecule has 0 bridgehead atoms. The summed E-state index contributed by atoms with van der Waals surface area (Å²) < 4.78 is 18.6. The predicted molar refractivity (Wildman–Crippen MR) is 86.9 cm³/mol. The monoisotopic (exact) mass is 326 g/mol. The highest BCUT2D eigenvalue weighted by Gasteiger charge is 2.14. The number of nitrogens with one attached hydrogen (secondary N) is 1. The number of anilines is 1. The van der Waals surface area contributed by atoms with Crippen molar-refractivity contribution in [2.45, 2.75) is 6.92 Å². The molecule has 3 rings (SSSR count). The van der Waals surface area contributed by atoms with Gasteiger partial charge in [0.25, 0.3) is 5.91 Å². The van der Waals surface area contributed by atoms with Crippen molar-refractivity contribution >= 4 is 11.6 Å². The summed E-state index contributed by atoms with van der Waals surface area (Å²) in [5, 5.41) is 10.9. The lowest BCUT2D eigenvalue weighted by atomic mass is 10.2. The number of para-hydroxylation sites is 1. The SMILES string of the molecule is CCOc1cc(F)ccc1NC(=O)c1cnn(-c2ccccc2)n1. The maximum atomic E-state index is 13.3. The number of rotatable bonds is 5. The highest BCUT2D eigenvalue weighted by atomic mass is 19.1. The first-order valence-electron chi connectivity index (χ1n) is 7.39. The highest BCUT2D eigenvalue weighted by Crippen LogP contribution is 2.25. The van der Waals surface area contributed by atoms with Crippen molar-refractivity contribution in [2.24, 2.45) is 0 Å². The molecular formula is C17H15FN4O2. The number of carbonyl (C=O) groups is 1. The third kappa shape index (κ3) is 3.40. The van der Waals surface area contributed by atoms with Crippen LogP contribution >= 0.6 is 0 Å². The van der Waals surface area contributed by atoms with E-state index >= 15 is 0 Å². The van der Waals surface area contributed by atoms with Crippen molar-refractivity contribution in [3.05, 3.63) is 66.2 Å². The second kappa shape index (κ2) is 6.91. The van der Waals surface area contributed by atoms with Gasteiger partial charge in [-0.05, 0) is 31.2 Å². The van der Waals surface area contributed by atoms with Gasteiger partial charge < -0.3 is 10.1 Å². The molecule has 0 radical (unpaired) electrons. The highest BCUT2D eigenvalue weighted by molar-refractivity contribution is 6.03. The summed E-state index contributed by atoms with van der Waals surface area (Å²) in [6, 6.07) is 13.2. The number of benzene rings is 2. The predicted octanol–water partition coefficient (Wildman–Crippen LogP) is 3.06. The molecule has 0 aliphatic carbocycles. The summed E-state index contributed by atoms with van der Waals surface area (Å²) in [6.07, 6.45) is 1.37. The molecule has 0 aliphatic heterocycles. The summed E-state index contributed by atoms with van der Waals surface area (Å²) in [6.45, 7) is 2.14. The number of amides is 1. The molecule has 1 amide bonds. The van der Waals surface area contributed by atoms with E-state index in [1.165, 1.54) is 29.2 Å². The fraction of sp³-hybridized carbons (Fsp3) is 0.118. The third-order valence-corrected chi connectivity index (χ3v) is 3.20. The van der Waals surface area contributed by atoms with Crippen molar-refractivity contribution in [3.8, 4) is 11.4 Å². The van der Waals surface area contributed by atoms with Crippen LogP contribution < -0.4 is 10.1 Å². The zero-order chi connectivity index (χ0) is 16.9. The first-order valence-corrected chi connectivity index (χ1v) is 7.39. The van der Waals surface area contributed by atoms with Gasteiger partial charge in [-0.1, -0.05) is 18.2 Å². The summed E-state index contributed by atoms with van der Waals surface area (Å²) in [4.78, 5) is 13.7. The Labute approximate surface area is 137 Å². The van der Waals surface area contributed by atoms with E-state index in [2.05, 4.69) is 15.5 Å². The van der Waals surface area contributed by atoms with Crippen molar-refractivity contribution in [1.29, 1.82) is 0 Å². The van der Waals surface area contributed by atoms with Crippen LogP contribution in [0.15, 0.2) is 54.7 Å². The largest absolute Gasteiger partial charge is 0.492 e. The Hall–Kier alpha value is -3.22. The van der Waals surface area contributed by atoms with E-state index in [4.69, 9.17) is 4.74 Å². The number of aromatic nitrogens is 3. The molecule has 3 aromatic rings. The van der Waals surface area contributed by atoms with Crippen LogP contribution in [0.2, 0.25) is 0 Å². The van der Waals surface area contributed by atoms with Crippen LogP contribution in [0.1, 0.15) is 17.4 Å². The number of hydrogen-bond donors (Lipinski definition) is 1. The number of carbonyl (C=O) groups excluding carboxylic acids is 1. The maximum Gasteiger partial charge on any atom is 0.277 e. The molecule has 24 heavy (non-hydrogen) atoms. The maximum absolute atomic E-state index is 13.3. The van der Waals surface area contributed by atoms with Gasteiger partial charge in [0.1, 0.15) is 11.6 Å². The average Bonchev–Trinajstić information content (AvgIpc) is 3.08. The fourth-order valence-corrected chi connectivity index (χ4v) is 2.11. The quantitative estimate of drug-likeness (QED) is 0.782. The van der Waals surface area contributed by atoms with Crippen LogP contribution in [0, 0.1) is 5.82 Å². The number of nitrogens with zero attached hydrogens (tertiary/aromatic N) is 3. The van der Waals surface area contributed by atoms with Crippen LogP contribution in [0.4, 0.5) is 10.1 Å². The molecule has 0 atom stereocenters. The van der Waals surface area contributed by atoms with E-state index in [-0.39, 0.29) is 11.4 Å². The minimum absolute atomic E-state index is 0.144. The molecule has 1 N–H and O–H groups in total. The molecule has 0 saturated heterocycles. The molecule has 122 valence electrons. The van der Waals surface area contributed by atoms with E-state index in [1.807, 2.05) is 30.3 Å². The first kappa shape index (κ1) is 15.7. The molecule has 0 unspecified atom stereocenters. The Bertz CT molecular complexity index is 849. The van der Waals surface area contributed by atoms with Crippen LogP contribution in [0.25, 0.3) is 5.69 Å². The number of ether oxygens (including phenoxy) is 1. The van der Waals surface area contributed by atoms with Gasteiger partial charge in [-0.2, -0.15) is 9.90 Å². The molecular weight excluding hydrogens is 311 g/mol. The van der Waals surface area contributed by atoms with E-state index in [9.17, 15) is 9.18 Å². The molecule has 0 fully saturated rings. The summed E-state index contributed by atoms with van der Waals surface area (Å²) >= 11 is 0. The fourth-order valence-electron chi connectivity index (χ4n) is 2.11. The topological polar surface area (TPSA) is 69.0 Å². The lowest BCUT2D eigenvalue weighted by Gasteiger charge is -2.10. The van der Waals surface area contributed by atoms with Crippen LogP contribution in [-0.2, 0) is 0 Å². The van der Waals surface area contributed by atoms with Crippen LogP contribution in [-0.4, -0.2) is 27.5 Å². The second-order valence-corrected chi connectivity index (χ2v) is 4.88. The number of halogens is 1. The third-order valence-electron chi connectivity index (χ3n) is 3.20. The van der Waals surface area contributed by atoms with Crippen molar-refractivity contribution in [3.63, 3.8) is 0 Å². The lowest BCUT2D eigenvalue weighted by Crippen LogP contribution is -2.14. The summed E-state index contributed by atoms with van der Waals surface area (Å²) in [5.74, 6) is -0.627. The molecule has 0 aliphatic rings.